The van der Waals surface area contributed by atoms with Gasteiger partial charge in [-0.15, -0.1) is 0 Å². The molecule has 0 saturated carbocycles. The van der Waals surface area contributed by atoms with Gasteiger partial charge < -0.3 is 0 Å². The van der Waals surface area contributed by atoms with Crippen LogP contribution in [0.5, 0.6) is 0 Å². The molecule has 0 aliphatic carbocycles. The van der Waals surface area contributed by atoms with Crippen LogP contribution in [0.4, 0.5) is 0 Å². The van der Waals surface area contributed by atoms with Gasteiger partial charge in [0.15, 0.2) is 0 Å². The van der Waals surface area contributed by atoms with Gasteiger partial charge in [0.05, 0.1) is 4.90 Å². The van der Waals surface area contributed by atoms with Crippen LogP contribution in [0.15, 0.2) is 33.6 Å². The zero-order valence-corrected chi connectivity index (χ0v) is 13.7. The molecule has 1 fully saturated rings. The van der Waals surface area contributed by atoms with E-state index in [0.29, 0.717) is 16.7 Å². The van der Waals surface area contributed by atoms with Gasteiger partial charge in [0.1, 0.15) is 0 Å². The highest BCUT2D eigenvalue weighted by Crippen LogP contribution is 2.24. The second kappa shape index (κ2) is 6.65. The van der Waals surface area contributed by atoms with Crippen LogP contribution in [-0.2, 0) is 10.0 Å². The summed E-state index contributed by atoms with van der Waals surface area (Å²) < 4.78 is 27.6. The first-order chi connectivity index (χ1) is 8.58. The van der Waals surface area contributed by atoms with E-state index in [1.807, 2.05) is 29.6 Å². The molecule has 100 valence electrons. The lowest BCUT2D eigenvalue weighted by Crippen LogP contribution is -2.33. The predicted octanol–water partition coefficient (Wildman–Crippen LogP) is 2.58. The van der Waals surface area contributed by atoms with Crippen LogP contribution in [0.25, 0.3) is 0 Å². The van der Waals surface area contributed by atoms with Crippen LogP contribution >= 0.6 is 39.5 Å². The summed E-state index contributed by atoms with van der Waals surface area (Å²) >= 11 is 7.02. The van der Waals surface area contributed by atoms with Gasteiger partial charge in [0.25, 0.3) is 0 Å². The smallest absolute Gasteiger partial charge is 0.210 e. The Kier molecular flexibility index (Phi) is 5.44. The molecule has 1 N–H and O–H groups in total. The number of hydrogen-bond donors (Lipinski definition) is 1. The van der Waals surface area contributed by atoms with Crippen LogP contribution in [0.2, 0.25) is 0 Å². The van der Waals surface area contributed by atoms with Gasteiger partial charge >= 0.3 is 0 Å². The molecule has 7 heteroatoms. The summed E-state index contributed by atoms with van der Waals surface area (Å²) in [5, 5.41) is 0.380. The number of benzene rings is 1. The number of hydrogen-bond acceptors (Lipinski definition) is 4. The lowest BCUT2D eigenvalue weighted by Gasteiger charge is -2.21. The summed E-state index contributed by atoms with van der Waals surface area (Å²) in [5.74, 6) is 3.29. The Hall–Kier alpha value is 0.310. The monoisotopic (exact) mass is 367 g/mol. The minimum absolute atomic E-state index is 0.310. The first-order valence-electron chi connectivity index (χ1n) is 5.52. The van der Waals surface area contributed by atoms with E-state index in [1.165, 1.54) is 5.75 Å². The van der Waals surface area contributed by atoms with Crippen LogP contribution in [-0.4, -0.2) is 37.5 Å². The molecule has 2 rings (SSSR count). The molecule has 1 saturated heterocycles. The van der Waals surface area contributed by atoms with Crippen molar-refractivity contribution in [1.29, 1.82) is 0 Å². The highest BCUT2D eigenvalue weighted by Gasteiger charge is 2.19. The molecule has 0 bridgehead atoms. The molecule has 1 aliphatic rings. The number of sulfonamides is 1. The Morgan fingerprint density at radius 3 is 2.89 bits per heavy atom. The van der Waals surface area contributed by atoms with E-state index in [4.69, 9.17) is 0 Å². The molecule has 1 aromatic rings. The second-order valence-corrected chi connectivity index (χ2v) is 9.12. The van der Waals surface area contributed by atoms with E-state index in [1.54, 1.807) is 18.2 Å². The summed E-state index contributed by atoms with van der Waals surface area (Å²) in [4.78, 5) is 0.310. The molecule has 0 amide bonds. The average molecular weight is 368 g/mol. The minimum Gasteiger partial charge on any atom is -0.210 e. The molecular formula is C11H14BrNO2S3. The Morgan fingerprint density at radius 1 is 1.39 bits per heavy atom. The van der Waals surface area contributed by atoms with E-state index in [2.05, 4.69) is 20.7 Å². The lowest BCUT2D eigenvalue weighted by molar-refractivity contribution is 0.581. The van der Waals surface area contributed by atoms with Crippen molar-refractivity contribution in [3.63, 3.8) is 0 Å². The van der Waals surface area contributed by atoms with Crippen LogP contribution in [0.1, 0.15) is 0 Å². The maximum atomic E-state index is 12.1. The molecule has 0 aromatic heterocycles. The fourth-order valence-electron chi connectivity index (χ4n) is 1.57. The van der Waals surface area contributed by atoms with Gasteiger partial charge in [-0.1, -0.05) is 22.0 Å². The fourth-order valence-corrected chi connectivity index (χ4v) is 5.97. The molecule has 1 unspecified atom stereocenters. The minimum atomic E-state index is -3.38. The molecule has 1 aliphatic heterocycles. The maximum Gasteiger partial charge on any atom is 0.240 e. The van der Waals surface area contributed by atoms with Gasteiger partial charge in [0.2, 0.25) is 10.0 Å². The van der Waals surface area contributed by atoms with Crippen molar-refractivity contribution in [2.45, 2.75) is 10.1 Å². The molecule has 1 atom stereocenters. The van der Waals surface area contributed by atoms with Gasteiger partial charge in [-0.3, -0.25) is 0 Å². The van der Waals surface area contributed by atoms with Gasteiger partial charge in [-0.25, -0.2) is 13.1 Å². The van der Waals surface area contributed by atoms with E-state index < -0.39 is 10.0 Å². The number of rotatable bonds is 4. The summed E-state index contributed by atoms with van der Waals surface area (Å²) in [6.07, 6.45) is 0. The normalized spacial score (nSPS) is 20.8. The molecular weight excluding hydrogens is 354 g/mol. The molecule has 1 aromatic carbocycles. The Labute approximate surface area is 125 Å². The van der Waals surface area contributed by atoms with Crippen molar-refractivity contribution in [1.82, 2.24) is 4.72 Å². The summed E-state index contributed by atoms with van der Waals surface area (Å²) in [5.41, 5.74) is 0. The third-order valence-corrected chi connectivity index (χ3v) is 7.25. The summed E-state index contributed by atoms with van der Waals surface area (Å²) in [6.45, 7) is 0.506. The van der Waals surface area contributed by atoms with Crippen molar-refractivity contribution in [3.05, 3.63) is 28.7 Å². The SMILES string of the molecule is O=S(=O)(NCC1CSCCS1)c1cccc(Br)c1. The quantitative estimate of drug-likeness (QED) is 0.888. The number of nitrogens with one attached hydrogen (secondary N) is 1. The highest BCUT2D eigenvalue weighted by atomic mass is 79.9. The predicted molar refractivity (Wildman–Crippen MR) is 82.9 cm³/mol. The molecule has 0 spiro atoms. The van der Waals surface area contributed by atoms with Crippen molar-refractivity contribution in [2.24, 2.45) is 0 Å². The Morgan fingerprint density at radius 2 is 2.22 bits per heavy atom. The van der Waals surface area contributed by atoms with Crippen molar-refractivity contribution >= 4 is 49.5 Å². The summed E-state index contributed by atoms with van der Waals surface area (Å²) in [7, 11) is -3.38. The zero-order valence-electron chi connectivity index (χ0n) is 9.63. The largest absolute Gasteiger partial charge is 0.240 e. The van der Waals surface area contributed by atoms with E-state index in [-0.39, 0.29) is 0 Å². The Balaban J connectivity index is 1.98. The van der Waals surface area contributed by atoms with Crippen LogP contribution in [0, 0.1) is 0 Å². The third kappa shape index (κ3) is 4.16. The van der Waals surface area contributed by atoms with Crippen LogP contribution in [0.3, 0.4) is 0 Å². The van der Waals surface area contributed by atoms with E-state index in [9.17, 15) is 8.42 Å². The third-order valence-electron chi connectivity index (χ3n) is 2.49. The van der Waals surface area contributed by atoms with Gasteiger partial charge in [0, 0.05) is 33.5 Å². The number of halogens is 1. The van der Waals surface area contributed by atoms with Gasteiger partial charge in [-0.2, -0.15) is 23.5 Å². The second-order valence-electron chi connectivity index (χ2n) is 3.88. The van der Waals surface area contributed by atoms with Crippen molar-refractivity contribution < 1.29 is 8.42 Å². The standard InChI is InChI=1S/C11H14BrNO2S3/c12-9-2-1-3-11(6-9)18(14,15)13-7-10-8-16-4-5-17-10/h1-3,6,10,13H,4-5,7-8H2. The molecule has 1 heterocycles. The average Bonchev–Trinajstić information content (AvgIpc) is 2.38. The first kappa shape index (κ1) is 14.7. The molecule has 18 heavy (non-hydrogen) atoms. The fraction of sp³-hybridized carbons (Fsp3) is 0.455. The molecule has 3 nitrogen and oxygen atoms in total. The number of thioether (sulfide) groups is 2. The van der Waals surface area contributed by atoms with Crippen molar-refractivity contribution in [2.75, 3.05) is 23.8 Å². The first-order valence-corrected chi connectivity index (χ1v) is 10.0. The van der Waals surface area contributed by atoms with Crippen molar-refractivity contribution in [3.8, 4) is 0 Å². The molecule has 0 radical (unpaired) electrons. The lowest BCUT2D eigenvalue weighted by atomic mass is 10.4. The van der Waals surface area contributed by atoms with Gasteiger partial charge in [-0.05, 0) is 18.2 Å². The topological polar surface area (TPSA) is 46.2 Å². The maximum absolute atomic E-state index is 12.1. The summed E-state index contributed by atoms with van der Waals surface area (Å²) in [6, 6.07) is 6.76. The van der Waals surface area contributed by atoms with Crippen LogP contribution < -0.4 is 4.72 Å². The highest BCUT2D eigenvalue weighted by molar-refractivity contribution is 9.10. The Bertz CT molecular complexity index is 501. The zero-order chi connectivity index (χ0) is 13.0. The van der Waals surface area contributed by atoms with E-state index in [0.717, 1.165) is 16.0 Å². The van der Waals surface area contributed by atoms with E-state index >= 15 is 0 Å².